The molecule has 0 spiro atoms. The highest BCUT2D eigenvalue weighted by molar-refractivity contribution is 14.1. The van der Waals surface area contributed by atoms with E-state index in [1.807, 2.05) is 32.0 Å². The average Bonchev–Trinajstić information content (AvgIpc) is 3.16. The number of nitrogens with one attached hydrogen (secondary N) is 1. The van der Waals surface area contributed by atoms with E-state index in [2.05, 4.69) is 27.9 Å². The van der Waals surface area contributed by atoms with Crippen molar-refractivity contribution in [2.24, 2.45) is 11.7 Å². The lowest BCUT2D eigenvalue weighted by Crippen LogP contribution is -2.53. The van der Waals surface area contributed by atoms with Crippen LogP contribution in [0.2, 0.25) is 0 Å². The van der Waals surface area contributed by atoms with E-state index < -0.39 is 0 Å². The highest BCUT2D eigenvalue weighted by atomic mass is 127. The summed E-state index contributed by atoms with van der Waals surface area (Å²) < 4.78 is 1.11. The number of benzene rings is 1. The van der Waals surface area contributed by atoms with Crippen LogP contribution < -0.4 is 11.1 Å². The van der Waals surface area contributed by atoms with Gasteiger partial charge in [0.2, 0.25) is 0 Å². The molecule has 3 nitrogen and oxygen atoms in total. The maximum Gasteiger partial charge on any atom is 0.252 e. The average molecular weight is 395 g/mol. The monoisotopic (exact) mass is 394 g/mol. The van der Waals surface area contributed by atoms with Gasteiger partial charge in [0, 0.05) is 15.7 Å². The van der Waals surface area contributed by atoms with Crippen molar-refractivity contribution in [1.82, 2.24) is 5.32 Å². The molecule has 106 valence electrons. The smallest absolute Gasteiger partial charge is 0.252 e. The summed E-state index contributed by atoms with van der Waals surface area (Å²) in [4.78, 5) is 12.4. The Morgan fingerprint density at radius 1 is 1.53 bits per heavy atom. The molecule has 1 aliphatic carbocycles. The lowest BCUT2D eigenvalue weighted by Gasteiger charge is -2.29. The molecule has 0 radical (unpaired) electrons. The first kappa shape index (κ1) is 16.7. The van der Waals surface area contributed by atoms with E-state index in [4.69, 9.17) is 5.73 Å². The fraction of sp³-hybridized carbons (Fsp3) is 0.500. The molecule has 1 fully saturated rings. The van der Waals surface area contributed by atoms with Gasteiger partial charge < -0.3 is 11.1 Å². The van der Waals surface area contributed by atoms with Crippen LogP contribution in [0.1, 0.15) is 35.7 Å². The van der Waals surface area contributed by atoms with Gasteiger partial charge in [-0.2, -0.15) is 0 Å². The first-order valence-electron chi connectivity index (χ1n) is 6.25. The van der Waals surface area contributed by atoms with E-state index in [0.29, 0.717) is 12.5 Å². The maximum atomic E-state index is 12.4. The van der Waals surface area contributed by atoms with Gasteiger partial charge in [0.1, 0.15) is 0 Å². The third-order valence-electron chi connectivity index (χ3n) is 3.81. The zero-order valence-electron chi connectivity index (χ0n) is 11.2. The van der Waals surface area contributed by atoms with Crippen molar-refractivity contribution >= 4 is 40.9 Å². The number of carbonyl (C=O) groups excluding carboxylic acids is 1. The van der Waals surface area contributed by atoms with E-state index in [9.17, 15) is 4.79 Å². The van der Waals surface area contributed by atoms with Gasteiger partial charge in [-0.05, 0) is 72.9 Å². The molecule has 1 aromatic carbocycles. The Morgan fingerprint density at radius 3 is 2.68 bits per heavy atom. The predicted molar refractivity (Wildman–Crippen MR) is 88.8 cm³/mol. The van der Waals surface area contributed by atoms with E-state index in [1.165, 1.54) is 12.8 Å². The van der Waals surface area contributed by atoms with Crippen molar-refractivity contribution in [2.75, 3.05) is 6.54 Å². The van der Waals surface area contributed by atoms with E-state index in [0.717, 1.165) is 14.7 Å². The van der Waals surface area contributed by atoms with Crippen LogP contribution in [-0.2, 0) is 0 Å². The number of amides is 1. The summed E-state index contributed by atoms with van der Waals surface area (Å²) in [6, 6.07) is 5.80. The molecule has 0 aliphatic heterocycles. The summed E-state index contributed by atoms with van der Waals surface area (Å²) in [7, 11) is 0. The van der Waals surface area contributed by atoms with Crippen molar-refractivity contribution in [3.05, 3.63) is 32.9 Å². The zero-order valence-corrected chi connectivity index (χ0v) is 14.2. The predicted octanol–water partition coefficient (Wildman–Crippen LogP) is 2.88. The molecule has 0 heterocycles. The quantitative estimate of drug-likeness (QED) is 0.772. The first-order chi connectivity index (χ1) is 8.48. The van der Waals surface area contributed by atoms with E-state index in [1.54, 1.807) is 0 Å². The second-order valence-corrected chi connectivity index (χ2v) is 6.42. The second kappa shape index (κ2) is 6.41. The molecule has 1 aromatic rings. The molecule has 19 heavy (non-hydrogen) atoms. The Balaban J connectivity index is 0.00000180. The Bertz CT molecular complexity index is 477. The summed E-state index contributed by atoms with van der Waals surface area (Å²) in [6.07, 6.45) is 2.33. The number of nitrogens with two attached hydrogens (primary N) is 1. The fourth-order valence-electron chi connectivity index (χ4n) is 2.22. The van der Waals surface area contributed by atoms with Crippen LogP contribution in [-0.4, -0.2) is 18.0 Å². The van der Waals surface area contributed by atoms with E-state index >= 15 is 0 Å². The third-order valence-corrected chi connectivity index (χ3v) is 4.98. The molecule has 0 bridgehead atoms. The molecule has 1 aliphatic rings. The van der Waals surface area contributed by atoms with Crippen molar-refractivity contribution < 1.29 is 4.79 Å². The first-order valence-corrected chi connectivity index (χ1v) is 7.33. The molecular formula is C14H20ClIN2O. The molecule has 5 heteroatoms. The normalized spacial score (nSPS) is 17.3. The van der Waals surface area contributed by atoms with Gasteiger partial charge in [0.25, 0.3) is 5.91 Å². The minimum atomic E-state index is -0.259. The summed E-state index contributed by atoms with van der Waals surface area (Å²) in [5.74, 6) is 0.528. The summed E-state index contributed by atoms with van der Waals surface area (Å²) in [5, 5.41) is 3.12. The van der Waals surface area contributed by atoms with Crippen LogP contribution in [0.15, 0.2) is 18.2 Å². The van der Waals surface area contributed by atoms with E-state index in [-0.39, 0.29) is 23.9 Å². The highest BCUT2D eigenvalue weighted by Gasteiger charge is 2.41. The number of hydrogen-bond acceptors (Lipinski definition) is 2. The van der Waals surface area contributed by atoms with Crippen LogP contribution >= 0.6 is 35.0 Å². The Labute approximate surface area is 134 Å². The SMILES string of the molecule is Cc1c(I)cccc1C(=O)NC(C)(CN)C1CC1.Cl. The van der Waals surface area contributed by atoms with Gasteiger partial charge >= 0.3 is 0 Å². The van der Waals surface area contributed by atoms with Crippen molar-refractivity contribution in [1.29, 1.82) is 0 Å². The summed E-state index contributed by atoms with van der Waals surface area (Å²) >= 11 is 2.25. The Hall–Kier alpha value is -0.330. The van der Waals surface area contributed by atoms with Crippen LogP contribution in [0.3, 0.4) is 0 Å². The molecule has 2 rings (SSSR count). The molecular weight excluding hydrogens is 375 g/mol. The molecule has 1 atom stereocenters. The van der Waals surface area contributed by atoms with Gasteiger partial charge in [-0.3, -0.25) is 4.79 Å². The lowest BCUT2D eigenvalue weighted by atomic mass is 9.95. The maximum absolute atomic E-state index is 12.4. The van der Waals surface area contributed by atoms with Gasteiger partial charge in [-0.25, -0.2) is 0 Å². The summed E-state index contributed by atoms with van der Waals surface area (Å²) in [5.41, 5.74) is 7.35. The van der Waals surface area contributed by atoms with Gasteiger partial charge in [0.15, 0.2) is 0 Å². The standard InChI is InChI=1S/C14H19IN2O.ClH/c1-9-11(4-3-5-12(9)15)13(18)17-14(2,8-16)10-6-7-10;/h3-5,10H,6-8,16H2,1-2H3,(H,17,18);1H. The minimum absolute atomic E-state index is 0. The van der Waals surface area contributed by atoms with Gasteiger partial charge in [-0.15, -0.1) is 12.4 Å². The van der Waals surface area contributed by atoms with Crippen molar-refractivity contribution in [3.8, 4) is 0 Å². The fourth-order valence-corrected chi connectivity index (χ4v) is 2.72. The van der Waals surface area contributed by atoms with Crippen LogP contribution in [0.4, 0.5) is 0 Å². The van der Waals surface area contributed by atoms with Crippen molar-refractivity contribution in [3.63, 3.8) is 0 Å². The van der Waals surface area contributed by atoms with Gasteiger partial charge in [0.05, 0.1) is 5.54 Å². The van der Waals surface area contributed by atoms with Crippen LogP contribution in [0.5, 0.6) is 0 Å². The molecule has 1 amide bonds. The number of rotatable bonds is 4. The highest BCUT2D eigenvalue weighted by Crippen LogP contribution is 2.39. The number of hydrogen-bond donors (Lipinski definition) is 2. The molecule has 3 N–H and O–H groups in total. The molecule has 1 saturated carbocycles. The zero-order chi connectivity index (χ0) is 13.3. The Kier molecular flexibility index (Phi) is 5.65. The molecule has 1 unspecified atom stereocenters. The van der Waals surface area contributed by atoms with Crippen LogP contribution in [0, 0.1) is 16.4 Å². The second-order valence-electron chi connectivity index (χ2n) is 5.26. The minimum Gasteiger partial charge on any atom is -0.345 e. The number of carbonyl (C=O) groups is 1. The summed E-state index contributed by atoms with van der Waals surface area (Å²) in [6.45, 7) is 4.52. The Morgan fingerprint density at radius 2 is 2.16 bits per heavy atom. The van der Waals surface area contributed by atoms with Gasteiger partial charge in [-0.1, -0.05) is 6.07 Å². The third kappa shape index (κ3) is 3.61. The number of halogens is 2. The largest absolute Gasteiger partial charge is 0.345 e. The van der Waals surface area contributed by atoms with Crippen LogP contribution in [0.25, 0.3) is 0 Å². The topological polar surface area (TPSA) is 55.1 Å². The molecule has 0 saturated heterocycles. The van der Waals surface area contributed by atoms with Crippen molar-refractivity contribution in [2.45, 2.75) is 32.2 Å². The lowest BCUT2D eigenvalue weighted by molar-refractivity contribution is 0.0897. The molecule has 0 aromatic heterocycles.